The van der Waals surface area contributed by atoms with Gasteiger partial charge in [0.15, 0.2) is 0 Å². The van der Waals surface area contributed by atoms with Crippen LogP contribution in [0.3, 0.4) is 0 Å². The molecule has 80 heavy (non-hydrogen) atoms. The van der Waals surface area contributed by atoms with Gasteiger partial charge in [-0.3, -0.25) is 19.2 Å². The van der Waals surface area contributed by atoms with Crippen LogP contribution >= 0.6 is 0 Å². The van der Waals surface area contributed by atoms with Gasteiger partial charge in [0.1, 0.15) is 11.0 Å². The number of esters is 1. The van der Waals surface area contributed by atoms with Gasteiger partial charge in [-0.15, -0.1) is 10.2 Å². The van der Waals surface area contributed by atoms with Crippen LogP contribution in [0, 0.1) is 60.2 Å². The number of aromatic nitrogens is 6. The maximum Gasteiger partial charge on any atom is 0.309 e. The van der Waals surface area contributed by atoms with E-state index in [4.69, 9.17) is 4.74 Å². The van der Waals surface area contributed by atoms with Gasteiger partial charge >= 0.3 is 17.9 Å². The Hall–Kier alpha value is -6.48. The molecular formula is C65H80N8O7. The van der Waals surface area contributed by atoms with E-state index >= 15 is 0 Å². The number of fused-ring (bicyclic) bond motifs is 4. The summed E-state index contributed by atoms with van der Waals surface area (Å²) in [5, 5.41) is 39.9. The number of rotatable bonds is 12. The number of ether oxygens (including phenoxy) is 1. The summed E-state index contributed by atoms with van der Waals surface area (Å²) < 4.78 is 8.76. The molecule has 8 aliphatic carbocycles. The van der Waals surface area contributed by atoms with E-state index in [1.54, 1.807) is 0 Å². The summed E-state index contributed by atoms with van der Waals surface area (Å²) >= 11 is 0. The van der Waals surface area contributed by atoms with Gasteiger partial charge in [0, 0.05) is 44.6 Å². The van der Waals surface area contributed by atoms with Crippen LogP contribution in [0.1, 0.15) is 171 Å². The molecule has 16 rings (SSSR count). The third-order valence-electron chi connectivity index (χ3n) is 20.7. The number of carbonyl (C=O) groups excluding carboxylic acids is 2. The summed E-state index contributed by atoms with van der Waals surface area (Å²) in [6, 6.07) is 21.3. The Morgan fingerprint density at radius 2 is 1.10 bits per heavy atom. The molecule has 6 aromatic rings. The molecule has 0 spiro atoms. The van der Waals surface area contributed by atoms with Gasteiger partial charge in [-0.2, -0.15) is 0 Å². The summed E-state index contributed by atoms with van der Waals surface area (Å²) in [6.07, 6.45) is 16.4. The van der Waals surface area contributed by atoms with Crippen molar-refractivity contribution in [2.45, 2.75) is 168 Å². The zero-order valence-corrected chi connectivity index (χ0v) is 47.5. The van der Waals surface area contributed by atoms with Crippen LogP contribution in [0.25, 0.3) is 22.1 Å². The fourth-order valence-corrected chi connectivity index (χ4v) is 17.6. The lowest BCUT2D eigenvalue weighted by molar-refractivity contribution is -0.164. The van der Waals surface area contributed by atoms with E-state index in [1.165, 1.54) is 67.9 Å². The lowest BCUT2D eigenvalue weighted by atomic mass is 9.49. The van der Waals surface area contributed by atoms with Crippen molar-refractivity contribution in [3.63, 3.8) is 0 Å². The number of methoxy groups -OCH3 is 1. The van der Waals surface area contributed by atoms with E-state index < -0.39 is 11.9 Å². The maximum atomic E-state index is 14.1. The molecule has 3 N–H and O–H groups in total. The number of carboxylic acid groups (broad SMARTS) is 2. The normalized spacial score (nSPS) is 27.3. The highest BCUT2D eigenvalue weighted by molar-refractivity contribution is 5.84. The first kappa shape index (κ1) is 54.1. The van der Waals surface area contributed by atoms with E-state index in [-0.39, 0.29) is 35.1 Å². The summed E-state index contributed by atoms with van der Waals surface area (Å²) in [5.74, 6) is 2.99. The van der Waals surface area contributed by atoms with Crippen molar-refractivity contribution < 1.29 is 34.1 Å². The minimum absolute atomic E-state index is 0.00295. The van der Waals surface area contributed by atoms with E-state index in [2.05, 4.69) is 93.2 Å². The summed E-state index contributed by atoms with van der Waals surface area (Å²) in [4.78, 5) is 51.7. The van der Waals surface area contributed by atoms with Gasteiger partial charge in [0.2, 0.25) is 5.91 Å². The van der Waals surface area contributed by atoms with Crippen molar-refractivity contribution >= 4 is 45.9 Å². The van der Waals surface area contributed by atoms with Gasteiger partial charge in [0.25, 0.3) is 0 Å². The first-order valence-electron chi connectivity index (χ1n) is 30.0. The average molecular weight is 1090 g/mol. The Morgan fingerprint density at radius 1 is 0.625 bits per heavy atom. The van der Waals surface area contributed by atoms with Crippen molar-refractivity contribution in [3.8, 4) is 0 Å². The minimum atomic E-state index is -0.826. The fraction of sp³-hybridized carbons (Fsp3) is 0.569. The molecule has 0 saturated heterocycles. The smallest absolute Gasteiger partial charge is 0.309 e. The Bertz CT molecular complexity index is 3300. The SMILES string of the molecule is CCn1nnc2c(C)c(C(CC(=O)O)c3ccc4c(c3)CN(C(=O)C35CC6CC(CC(C6)C3)C5)CC4)ccc21.CCn1nnc2c(C)c(C(CC(=O)OC)c3ccc4c(c3)CNCC4)ccc21.O=C(O)C12CC3CC(CC(C3)C1)C2. The molecule has 2 atom stereocenters. The number of nitrogens with zero attached hydrogens (tertiary/aromatic N) is 7. The van der Waals surface area contributed by atoms with E-state index in [9.17, 15) is 29.4 Å². The Morgan fingerprint density at radius 3 is 1.57 bits per heavy atom. The molecule has 0 radical (unpaired) electrons. The van der Waals surface area contributed by atoms with Crippen molar-refractivity contribution in [3.05, 3.63) is 116 Å². The monoisotopic (exact) mass is 1080 g/mol. The lowest BCUT2D eigenvalue weighted by Crippen LogP contribution is -2.55. The quantitative estimate of drug-likeness (QED) is 0.0983. The Kier molecular flexibility index (Phi) is 14.7. The molecular weight excluding hydrogens is 1000 g/mol. The predicted molar refractivity (Wildman–Crippen MR) is 305 cm³/mol. The standard InChI is InChI=1S/C32H38N4O3.C22H26N4O2.C11H16O2/c1-3-36-28-7-6-26(19(2)30(28)33-34-36)27(14-29(37)38)24-5-4-23-8-9-35(18-25(23)13-24)31(39)32-15-20-10-21(16-32)12-22(11-20)17-32;1-4-26-20-8-7-18(14(2)22(20)24-25-26)19(12-21(27)28-3)16-6-5-15-9-10-23-13-17(15)11-16;12-10(13)11-4-7-1-8(5-11)3-9(2-7)6-11/h4-7,13,20-22,27H,3,8-12,14-18H2,1-2H3,(H,37,38);5-8,11,19,23H,4,9-10,12-13H2,1-3H3;7-9H,1-6H2,(H,12,13). The number of aryl methyl sites for hydroxylation is 4. The van der Waals surface area contributed by atoms with Gasteiger partial charge in [-0.1, -0.05) is 59.0 Å². The van der Waals surface area contributed by atoms with Crippen molar-refractivity contribution in [1.29, 1.82) is 0 Å². The van der Waals surface area contributed by atoms with E-state index in [0.717, 1.165) is 175 Å². The number of aliphatic carboxylic acids is 2. The van der Waals surface area contributed by atoms with Crippen LogP contribution in [0.4, 0.5) is 0 Å². The van der Waals surface area contributed by atoms with Crippen LogP contribution in [-0.2, 0) is 62.9 Å². The molecule has 10 aliphatic rings. The molecule has 2 unspecified atom stereocenters. The molecule has 4 aromatic carbocycles. The van der Waals surface area contributed by atoms with Crippen molar-refractivity contribution in [2.24, 2.45) is 46.3 Å². The highest BCUT2D eigenvalue weighted by Crippen LogP contribution is 2.62. The van der Waals surface area contributed by atoms with Gasteiger partial charge in [0.05, 0.1) is 41.8 Å². The molecule has 1 amide bonds. The van der Waals surface area contributed by atoms with Crippen LogP contribution in [0.5, 0.6) is 0 Å². The first-order chi connectivity index (χ1) is 38.6. The molecule has 15 nitrogen and oxygen atoms in total. The number of nitrogens with one attached hydrogen (secondary N) is 1. The summed E-state index contributed by atoms with van der Waals surface area (Å²) in [7, 11) is 1.44. The Balaban J connectivity index is 0.000000134. The zero-order valence-electron chi connectivity index (χ0n) is 47.5. The fourth-order valence-electron chi connectivity index (χ4n) is 17.6. The lowest BCUT2D eigenvalue weighted by Gasteiger charge is -2.56. The molecule has 8 bridgehead atoms. The van der Waals surface area contributed by atoms with Gasteiger partial charge in [-0.25, -0.2) is 9.36 Å². The molecule has 8 fully saturated rings. The Labute approximate surface area is 469 Å². The molecule has 2 aliphatic heterocycles. The highest BCUT2D eigenvalue weighted by atomic mass is 16.5. The van der Waals surface area contributed by atoms with Gasteiger partial charge in [-0.05, 0) is 227 Å². The number of hydrogen-bond acceptors (Lipinski definition) is 10. The number of hydrogen-bond donors (Lipinski definition) is 3. The zero-order chi connectivity index (χ0) is 55.6. The van der Waals surface area contributed by atoms with Gasteiger partial charge < -0.3 is 25.2 Å². The third kappa shape index (κ3) is 10.1. The van der Waals surface area contributed by atoms with Crippen LogP contribution in [0.15, 0.2) is 60.7 Å². The first-order valence-corrected chi connectivity index (χ1v) is 30.0. The summed E-state index contributed by atoms with van der Waals surface area (Å²) in [6.45, 7) is 13.0. The molecule has 4 heterocycles. The predicted octanol–water partition coefficient (Wildman–Crippen LogP) is 10.9. The maximum absolute atomic E-state index is 14.1. The van der Waals surface area contributed by atoms with Crippen molar-refractivity contribution in [1.82, 2.24) is 40.2 Å². The second-order valence-corrected chi connectivity index (χ2v) is 25.7. The molecule has 15 heteroatoms. The largest absolute Gasteiger partial charge is 0.481 e. The average Bonchev–Trinajstić information content (AvgIpc) is 4.23. The number of carboxylic acids is 2. The number of benzene rings is 4. The van der Waals surface area contributed by atoms with E-state index in [0.29, 0.717) is 18.9 Å². The third-order valence-corrected chi connectivity index (χ3v) is 20.7. The number of amides is 1. The molecule has 2 aromatic heterocycles. The number of carbonyl (C=O) groups is 4. The topological polar surface area (TPSA) is 195 Å². The molecule has 8 saturated carbocycles. The van der Waals surface area contributed by atoms with Crippen LogP contribution in [0.2, 0.25) is 0 Å². The van der Waals surface area contributed by atoms with Crippen LogP contribution < -0.4 is 5.32 Å². The van der Waals surface area contributed by atoms with Crippen LogP contribution in [-0.4, -0.2) is 89.1 Å². The van der Waals surface area contributed by atoms with E-state index in [1.807, 2.05) is 35.3 Å². The highest BCUT2D eigenvalue weighted by Gasteiger charge is 2.56. The minimum Gasteiger partial charge on any atom is -0.481 e. The second kappa shape index (κ2) is 21.8. The van der Waals surface area contributed by atoms with Crippen molar-refractivity contribution in [2.75, 3.05) is 20.2 Å². The summed E-state index contributed by atoms with van der Waals surface area (Å²) in [5.41, 5.74) is 14.7. The molecule has 422 valence electrons. The second-order valence-electron chi connectivity index (χ2n) is 25.7.